The number of ether oxygens (including phenoxy) is 2. The Morgan fingerprint density at radius 3 is 2.72 bits per heavy atom. The number of allylic oxidation sites excluding steroid dienone is 1. The van der Waals surface area contributed by atoms with Gasteiger partial charge in [-0.05, 0) is 104 Å². The number of fused-ring (bicyclic) bond motifs is 3. The van der Waals surface area contributed by atoms with Crippen molar-refractivity contribution in [2.45, 2.75) is 63.5 Å². The number of hydrogen-bond donors (Lipinski definition) is 2. The van der Waals surface area contributed by atoms with Gasteiger partial charge in [0, 0.05) is 43.2 Å². The minimum atomic E-state index is -2.37. The van der Waals surface area contributed by atoms with E-state index in [1.165, 1.54) is 11.1 Å². The highest BCUT2D eigenvalue weighted by molar-refractivity contribution is 7.76. The molecule has 0 radical (unpaired) electrons. The van der Waals surface area contributed by atoms with Crippen LogP contribution in [0.2, 0.25) is 5.02 Å². The summed E-state index contributed by atoms with van der Waals surface area (Å²) in [4.78, 5) is 24.5. The minimum absolute atomic E-state index is 0.0418. The number of rotatable bonds is 3. The molecule has 0 saturated heterocycles. The van der Waals surface area contributed by atoms with Gasteiger partial charge in [0.2, 0.25) is 5.95 Å². The maximum Gasteiger partial charge on any atom is 0.285 e. The zero-order chi connectivity index (χ0) is 32.0. The fraction of sp³-hybridized carbons (Fsp3) is 0.457. The molecule has 2 bridgehead atoms. The fourth-order valence-electron chi connectivity index (χ4n) is 6.67. The summed E-state index contributed by atoms with van der Waals surface area (Å²) in [6.07, 6.45) is 13.0. The van der Waals surface area contributed by atoms with Gasteiger partial charge in [0.15, 0.2) is 0 Å². The number of anilines is 2. The van der Waals surface area contributed by atoms with E-state index in [0.29, 0.717) is 42.9 Å². The third kappa shape index (κ3) is 7.56. The van der Waals surface area contributed by atoms with E-state index in [-0.39, 0.29) is 12.0 Å². The molecule has 2 unspecified atom stereocenters. The van der Waals surface area contributed by atoms with Crippen molar-refractivity contribution in [3.63, 3.8) is 0 Å². The molecule has 1 aromatic heterocycles. The van der Waals surface area contributed by atoms with Gasteiger partial charge in [-0.25, -0.2) is 9.97 Å². The summed E-state index contributed by atoms with van der Waals surface area (Å²) in [6, 6.07) is 13.3. The van der Waals surface area contributed by atoms with Crippen molar-refractivity contribution in [1.82, 2.24) is 9.97 Å². The summed E-state index contributed by atoms with van der Waals surface area (Å²) < 4.78 is 30.4. The van der Waals surface area contributed by atoms with E-state index < -0.39 is 21.9 Å². The molecule has 1 N–H and O–H groups in total. The Kier molecular flexibility index (Phi) is 10.6. The van der Waals surface area contributed by atoms with Gasteiger partial charge in [-0.15, -0.1) is 0 Å². The molecule has 2 aromatic carbocycles. The van der Waals surface area contributed by atoms with Gasteiger partial charge < -0.3 is 19.7 Å². The zero-order valence-corrected chi connectivity index (χ0v) is 28.0. The molecule has 1 saturated carbocycles. The summed E-state index contributed by atoms with van der Waals surface area (Å²) >= 11 is 6.45. The number of hydrogen-bond acceptors (Lipinski definition) is 8. The number of aryl methyl sites for hydroxylation is 1. The smallest absolute Gasteiger partial charge is 0.285 e. The lowest BCUT2D eigenvalue weighted by atomic mass is 9.70. The Labute approximate surface area is 278 Å². The maximum atomic E-state index is 13.8. The molecule has 11 heteroatoms. The van der Waals surface area contributed by atoms with E-state index in [2.05, 4.69) is 48.8 Å². The van der Waals surface area contributed by atoms with E-state index in [9.17, 15) is 9.00 Å². The third-order valence-corrected chi connectivity index (χ3v) is 11.2. The number of amides is 1. The molecule has 2 aliphatic heterocycles. The largest absolute Gasteiger partial charge is 0.491 e. The summed E-state index contributed by atoms with van der Waals surface area (Å²) in [5.41, 5.74) is 3.65. The van der Waals surface area contributed by atoms with E-state index in [0.717, 1.165) is 55.1 Å². The summed E-state index contributed by atoms with van der Waals surface area (Å²) in [5, 5.41) is 3.27. The van der Waals surface area contributed by atoms with E-state index in [1.807, 2.05) is 25.1 Å². The molecule has 0 spiro atoms. The Hall–Kier alpha value is -3.47. The standard InChI is InChI=1S/C35H42ClN5O4S/c1-23-7-5-9-31(44-2)29-14-11-27(29)22-41-21-26-10-13-28(36)19-24(26)8-3-4-18-45-32-15-12-25(20-30(32)41)33(42)40-46(43)34(23)39-35-37-16-6-17-38-35/h5-6,9-10,12-13,15-17,19-20,23,27,29,31,34,46H,3-4,7-8,11,14,18,21-22H2,1-2H3,(H,37,38,39)/b9-5+/t23-,27-,29+,31-,34?/m0/s1. The van der Waals surface area contributed by atoms with Gasteiger partial charge in [-0.1, -0.05) is 36.7 Å². The van der Waals surface area contributed by atoms with Crippen LogP contribution in [-0.2, 0) is 28.3 Å². The van der Waals surface area contributed by atoms with E-state index >= 15 is 0 Å². The van der Waals surface area contributed by atoms with Gasteiger partial charge in [0.05, 0.1) is 29.0 Å². The molecule has 3 heterocycles. The van der Waals surface area contributed by atoms with Gasteiger partial charge in [-0.2, -0.15) is 4.36 Å². The number of methoxy groups -OCH3 is 1. The predicted octanol–water partition coefficient (Wildman–Crippen LogP) is 6.73. The van der Waals surface area contributed by atoms with Crippen LogP contribution in [-0.4, -0.2) is 51.8 Å². The van der Waals surface area contributed by atoms with Crippen LogP contribution in [0.25, 0.3) is 0 Å². The maximum absolute atomic E-state index is 13.8. The lowest BCUT2D eigenvalue weighted by Gasteiger charge is -2.43. The fourth-order valence-corrected chi connectivity index (χ4v) is 8.07. The Morgan fingerprint density at radius 1 is 1.09 bits per heavy atom. The highest BCUT2D eigenvalue weighted by Gasteiger charge is 2.38. The van der Waals surface area contributed by atoms with Crippen LogP contribution in [0, 0.1) is 17.8 Å². The SMILES string of the molecule is CO[C@H]1/C=C/C[C@H](C)C(Nc2ncccn2)/[SH](=O)=N\C(=O)c2ccc3c(c2)N(Cc2ccc(Cl)cc2CCCCO3)C[C@@H]2CC[C@H]21. The van der Waals surface area contributed by atoms with Gasteiger partial charge in [0.25, 0.3) is 5.91 Å². The Balaban J connectivity index is 1.44. The number of thiol groups is 1. The molecular weight excluding hydrogens is 622 g/mol. The number of carbonyl (C=O) groups is 1. The Bertz CT molecular complexity index is 1650. The monoisotopic (exact) mass is 663 g/mol. The predicted molar refractivity (Wildman–Crippen MR) is 183 cm³/mol. The zero-order valence-electron chi connectivity index (χ0n) is 26.3. The normalized spacial score (nSPS) is 28.2. The molecule has 3 aliphatic rings. The van der Waals surface area contributed by atoms with Crippen molar-refractivity contribution in [2.24, 2.45) is 22.1 Å². The third-order valence-electron chi connectivity index (χ3n) is 9.44. The van der Waals surface area contributed by atoms with E-state index in [1.54, 1.807) is 31.6 Å². The molecule has 1 amide bonds. The molecule has 6 atom stereocenters. The average molecular weight is 664 g/mol. The molecular formula is C35H42ClN5O4S. The van der Waals surface area contributed by atoms with Crippen LogP contribution in [0.3, 0.4) is 0 Å². The second-order valence-electron chi connectivity index (χ2n) is 12.5. The summed E-state index contributed by atoms with van der Waals surface area (Å²) in [5.74, 6) is 1.15. The van der Waals surface area contributed by atoms with Gasteiger partial charge in [-0.3, -0.25) is 9.00 Å². The lowest BCUT2D eigenvalue weighted by molar-refractivity contribution is 0.0133. The van der Waals surface area contributed by atoms with Crippen molar-refractivity contribution in [2.75, 3.05) is 30.5 Å². The number of halogens is 1. The quantitative estimate of drug-likeness (QED) is 0.235. The first-order valence-corrected chi connectivity index (χ1v) is 17.8. The topological polar surface area (TPSA) is 106 Å². The van der Waals surface area contributed by atoms with Crippen molar-refractivity contribution in [1.29, 1.82) is 0 Å². The molecule has 1 fully saturated rings. The second kappa shape index (κ2) is 15.0. The molecule has 46 heavy (non-hydrogen) atoms. The van der Waals surface area contributed by atoms with Crippen LogP contribution in [0.1, 0.15) is 60.5 Å². The first-order valence-electron chi connectivity index (χ1n) is 16.1. The second-order valence-corrected chi connectivity index (χ2v) is 14.3. The number of nitrogens with one attached hydrogen (secondary N) is 1. The molecule has 244 valence electrons. The molecule has 9 nitrogen and oxygen atoms in total. The van der Waals surface area contributed by atoms with Crippen LogP contribution < -0.4 is 15.0 Å². The number of benzene rings is 2. The average Bonchev–Trinajstić information content (AvgIpc) is 3.07. The van der Waals surface area contributed by atoms with E-state index in [4.69, 9.17) is 21.1 Å². The highest BCUT2D eigenvalue weighted by atomic mass is 35.5. The number of nitrogens with zero attached hydrogens (tertiary/aromatic N) is 4. The van der Waals surface area contributed by atoms with Crippen LogP contribution in [0.4, 0.5) is 11.6 Å². The molecule has 3 aromatic rings. The minimum Gasteiger partial charge on any atom is -0.491 e. The van der Waals surface area contributed by atoms with Crippen LogP contribution in [0.5, 0.6) is 5.75 Å². The van der Waals surface area contributed by atoms with Crippen molar-refractivity contribution < 1.29 is 18.5 Å². The first-order chi connectivity index (χ1) is 22.4. The number of carbonyl (C=O) groups excluding carboxylic acids is 1. The van der Waals surface area contributed by atoms with Gasteiger partial charge in [0.1, 0.15) is 11.1 Å². The molecule has 6 rings (SSSR count). The highest BCUT2D eigenvalue weighted by Crippen LogP contribution is 2.42. The molecule has 1 aliphatic carbocycles. The summed E-state index contributed by atoms with van der Waals surface area (Å²) in [7, 11) is -0.598. The summed E-state index contributed by atoms with van der Waals surface area (Å²) in [6.45, 7) is 3.98. The van der Waals surface area contributed by atoms with Crippen LogP contribution in [0.15, 0.2) is 71.4 Å². The van der Waals surface area contributed by atoms with Crippen molar-refractivity contribution >= 4 is 39.7 Å². The Morgan fingerprint density at radius 2 is 1.93 bits per heavy atom. The van der Waals surface area contributed by atoms with Crippen LogP contribution >= 0.6 is 11.6 Å². The number of aromatic nitrogens is 2. The lowest BCUT2D eigenvalue weighted by Crippen LogP contribution is -2.43. The van der Waals surface area contributed by atoms with Gasteiger partial charge >= 0.3 is 0 Å². The van der Waals surface area contributed by atoms with Crippen molar-refractivity contribution in [3.05, 3.63) is 88.7 Å². The van der Waals surface area contributed by atoms with Crippen molar-refractivity contribution in [3.8, 4) is 5.75 Å². The first kappa shape index (κ1) is 32.5.